The number of nitrogens with zero attached hydrogens (tertiary/aromatic N) is 1. The minimum absolute atomic E-state index is 0.0679. The molecule has 0 saturated heterocycles. The Morgan fingerprint density at radius 3 is 2.23 bits per heavy atom. The third-order valence-electron chi connectivity index (χ3n) is 6.75. The van der Waals surface area contributed by atoms with Crippen LogP contribution in [-0.4, -0.2) is 35.6 Å². The summed E-state index contributed by atoms with van der Waals surface area (Å²) in [4.78, 5) is 16.3. The number of amides is 1. The second kappa shape index (κ2) is 10.0. The highest BCUT2D eigenvalue weighted by Gasteiger charge is 2.34. The van der Waals surface area contributed by atoms with Crippen molar-refractivity contribution in [2.75, 3.05) is 14.1 Å². The van der Waals surface area contributed by atoms with E-state index in [4.69, 9.17) is 6.42 Å². The molecule has 168 valence electrons. The van der Waals surface area contributed by atoms with Gasteiger partial charge in [0.25, 0.3) is 5.91 Å². The van der Waals surface area contributed by atoms with Crippen LogP contribution in [0.5, 0.6) is 0 Å². The van der Waals surface area contributed by atoms with Gasteiger partial charge in [-0.3, -0.25) is 4.79 Å². The smallest absolute Gasteiger partial charge is 0.263 e. The molecule has 0 spiro atoms. The van der Waals surface area contributed by atoms with Crippen LogP contribution >= 0.6 is 11.3 Å². The average Bonchev–Trinajstić information content (AvgIpc) is 3.15. The number of hydrogen-bond acceptors (Lipinski definition) is 3. The SMILES string of the molecule is C#CC(O)(CC)CCc1ccc(C(CC)(CC)c2cc(C)c(C(=O)N(C)C)s2)cc1C. The highest BCUT2D eigenvalue weighted by Crippen LogP contribution is 2.44. The fourth-order valence-corrected chi connectivity index (χ4v) is 5.80. The van der Waals surface area contributed by atoms with Crippen molar-refractivity contribution in [2.45, 2.75) is 77.7 Å². The molecule has 1 atom stereocenters. The van der Waals surface area contributed by atoms with E-state index in [0.717, 1.165) is 29.7 Å². The van der Waals surface area contributed by atoms with E-state index in [-0.39, 0.29) is 11.3 Å². The van der Waals surface area contributed by atoms with Crippen LogP contribution in [0.4, 0.5) is 0 Å². The summed E-state index contributed by atoms with van der Waals surface area (Å²) in [6.45, 7) is 10.5. The van der Waals surface area contributed by atoms with E-state index in [9.17, 15) is 9.90 Å². The Morgan fingerprint density at radius 1 is 1.10 bits per heavy atom. The molecule has 0 fully saturated rings. The van der Waals surface area contributed by atoms with Crippen molar-refractivity contribution in [1.29, 1.82) is 0 Å². The van der Waals surface area contributed by atoms with Gasteiger partial charge in [-0.1, -0.05) is 44.9 Å². The molecule has 0 aliphatic rings. The molecule has 1 aromatic heterocycles. The Kier molecular flexibility index (Phi) is 8.14. The zero-order valence-electron chi connectivity index (χ0n) is 20.1. The summed E-state index contributed by atoms with van der Waals surface area (Å²) in [5, 5.41) is 10.4. The molecule has 1 aromatic carbocycles. The predicted molar refractivity (Wildman–Crippen MR) is 132 cm³/mol. The summed E-state index contributed by atoms with van der Waals surface area (Å²) in [5.41, 5.74) is 3.62. The largest absolute Gasteiger partial charge is 0.378 e. The maximum Gasteiger partial charge on any atom is 0.263 e. The predicted octanol–water partition coefficient (Wildman–Crippen LogP) is 5.88. The van der Waals surface area contributed by atoms with Gasteiger partial charge in [-0.15, -0.1) is 17.8 Å². The number of carbonyl (C=O) groups excluding carboxylic acids is 1. The van der Waals surface area contributed by atoms with Gasteiger partial charge >= 0.3 is 0 Å². The molecule has 1 heterocycles. The monoisotopic (exact) mass is 439 g/mol. The maximum absolute atomic E-state index is 12.6. The van der Waals surface area contributed by atoms with E-state index in [1.54, 1.807) is 30.3 Å². The lowest BCUT2D eigenvalue weighted by Crippen LogP contribution is -2.26. The fourth-order valence-electron chi connectivity index (χ4n) is 4.25. The third kappa shape index (κ3) is 5.05. The molecular formula is C27H37NO2S. The second-order valence-electron chi connectivity index (χ2n) is 8.78. The molecule has 0 aliphatic heterocycles. The van der Waals surface area contributed by atoms with Gasteiger partial charge in [-0.2, -0.15) is 0 Å². The molecule has 4 heteroatoms. The van der Waals surface area contributed by atoms with Gasteiger partial charge in [-0.25, -0.2) is 0 Å². The molecule has 1 N–H and O–H groups in total. The van der Waals surface area contributed by atoms with Crippen LogP contribution < -0.4 is 0 Å². The first-order valence-corrected chi connectivity index (χ1v) is 12.0. The molecule has 0 bridgehead atoms. The summed E-state index contributed by atoms with van der Waals surface area (Å²) < 4.78 is 0. The number of hydrogen-bond donors (Lipinski definition) is 1. The van der Waals surface area contributed by atoms with Gasteiger partial charge in [-0.05, 0) is 74.3 Å². The van der Waals surface area contributed by atoms with Gasteiger partial charge in [0.15, 0.2) is 0 Å². The lowest BCUT2D eigenvalue weighted by atomic mass is 9.73. The van der Waals surface area contributed by atoms with Crippen LogP contribution in [0.3, 0.4) is 0 Å². The molecule has 1 unspecified atom stereocenters. The summed E-state index contributed by atoms with van der Waals surface area (Å²) in [7, 11) is 3.60. The maximum atomic E-state index is 12.6. The Labute approximate surface area is 192 Å². The number of aliphatic hydroxyl groups is 1. The van der Waals surface area contributed by atoms with Crippen LogP contribution in [0.25, 0.3) is 0 Å². The fraction of sp³-hybridized carbons (Fsp3) is 0.519. The lowest BCUT2D eigenvalue weighted by Gasteiger charge is -2.32. The van der Waals surface area contributed by atoms with E-state index in [1.165, 1.54) is 21.6 Å². The van der Waals surface area contributed by atoms with Crippen molar-refractivity contribution in [1.82, 2.24) is 4.90 Å². The summed E-state index contributed by atoms with van der Waals surface area (Å²) >= 11 is 1.63. The van der Waals surface area contributed by atoms with Crippen LogP contribution in [0, 0.1) is 26.2 Å². The summed E-state index contributed by atoms with van der Waals surface area (Å²) in [6.07, 6.45) is 9.33. The zero-order valence-corrected chi connectivity index (χ0v) is 20.9. The Balaban J connectivity index is 2.44. The molecule has 3 nitrogen and oxygen atoms in total. The number of thiophene rings is 1. The molecule has 2 aromatic rings. The normalized spacial score (nSPS) is 13.5. The highest BCUT2D eigenvalue weighted by atomic mass is 32.1. The van der Waals surface area contributed by atoms with Crippen molar-refractivity contribution in [2.24, 2.45) is 0 Å². The molecule has 0 radical (unpaired) electrons. The van der Waals surface area contributed by atoms with Gasteiger partial charge in [0, 0.05) is 24.4 Å². The third-order valence-corrected chi connectivity index (χ3v) is 8.18. The van der Waals surface area contributed by atoms with Crippen LogP contribution in [0.1, 0.15) is 83.3 Å². The van der Waals surface area contributed by atoms with E-state index < -0.39 is 5.60 Å². The highest BCUT2D eigenvalue weighted by molar-refractivity contribution is 7.14. The molecular weight excluding hydrogens is 402 g/mol. The number of carbonyl (C=O) groups is 1. The standard InChI is InChI=1S/C27H37NO2S/c1-9-26(30,10-2)16-15-21-13-14-22(17-19(21)5)27(11-3,12-4)23-18-20(6)24(31-23)25(29)28(7)8/h1,13-14,17-18,30H,10-12,15-16H2,2-8H3. The van der Waals surface area contributed by atoms with Crippen molar-refractivity contribution in [3.8, 4) is 12.3 Å². The second-order valence-corrected chi connectivity index (χ2v) is 9.83. The number of aryl methyl sites for hydroxylation is 3. The zero-order chi connectivity index (χ0) is 23.4. The van der Waals surface area contributed by atoms with E-state index in [0.29, 0.717) is 12.8 Å². The van der Waals surface area contributed by atoms with E-state index in [2.05, 4.69) is 51.0 Å². The molecule has 0 saturated carbocycles. The first-order valence-electron chi connectivity index (χ1n) is 11.2. The van der Waals surface area contributed by atoms with Crippen molar-refractivity contribution >= 4 is 17.2 Å². The average molecular weight is 440 g/mol. The molecule has 31 heavy (non-hydrogen) atoms. The number of benzene rings is 1. The van der Waals surface area contributed by atoms with Gasteiger partial charge in [0.2, 0.25) is 0 Å². The van der Waals surface area contributed by atoms with Crippen LogP contribution in [0.2, 0.25) is 0 Å². The Morgan fingerprint density at radius 2 is 1.74 bits per heavy atom. The van der Waals surface area contributed by atoms with Crippen LogP contribution in [-0.2, 0) is 11.8 Å². The van der Waals surface area contributed by atoms with Crippen molar-refractivity contribution in [3.05, 3.63) is 56.3 Å². The minimum atomic E-state index is -1.04. The molecule has 0 aliphatic carbocycles. The van der Waals surface area contributed by atoms with Crippen LogP contribution in [0.15, 0.2) is 24.3 Å². The van der Waals surface area contributed by atoms with E-state index >= 15 is 0 Å². The quantitative estimate of drug-likeness (QED) is 0.496. The van der Waals surface area contributed by atoms with Gasteiger partial charge < -0.3 is 10.0 Å². The van der Waals surface area contributed by atoms with Crippen molar-refractivity contribution in [3.63, 3.8) is 0 Å². The first-order chi connectivity index (χ1) is 14.6. The topological polar surface area (TPSA) is 40.5 Å². The van der Waals surface area contributed by atoms with Gasteiger partial charge in [0.05, 0.1) is 4.88 Å². The summed E-state index contributed by atoms with van der Waals surface area (Å²) in [5.74, 6) is 2.61. The minimum Gasteiger partial charge on any atom is -0.378 e. The lowest BCUT2D eigenvalue weighted by molar-refractivity contribution is 0.0831. The first kappa shape index (κ1) is 25.2. The van der Waals surface area contributed by atoms with Gasteiger partial charge in [0.1, 0.15) is 5.60 Å². The molecule has 1 amide bonds. The number of rotatable bonds is 9. The Hall–Kier alpha value is -2.09. The van der Waals surface area contributed by atoms with Crippen molar-refractivity contribution < 1.29 is 9.90 Å². The Bertz CT molecular complexity index is 962. The molecule has 2 rings (SSSR count). The summed E-state index contributed by atoms with van der Waals surface area (Å²) in [6, 6.07) is 8.89. The van der Waals surface area contributed by atoms with E-state index in [1.807, 2.05) is 13.8 Å². The number of terminal acetylenes is 1.